The van der Waals surface area contributed by atoms with Crippen LogP contribution in [0.3, 0.4) is 0 Å². The summed E-state index contributed by atoms with van der Waals surface area (Å²) in [7, 11) is -6.09. The Balaban J connectivity index is 0.000000609. The molecule has 15 heteroatoms. The quantitative estimate of drug-likeness (QED) is 0.114. The van der Waals surface area contributed by atoms with E-state index in [9.17, 15) is 37.8 Å². The Labute approximate surface area is 135 Å². The van der Waals surface area contributed by atoms with Gasteiger partial charge in [0.2, 0.25) is 0 Å². The molecular formula is C10H9F10IO3S. The van der Waals surface area contributed by atoms with Crippen molar-refractivity contribution in [1.82, 2.24) is 0 Å². The second-order valence-corrected chi connectivity index (χ2v) is 14.6. The molecule has 0 saturated heterocycles. The van der Waals surface area contributed by atoms with E-state index >= 15 is 0 Å². The van der Waals surface area contributed by atoms with E-state index in [1.807, 2.05) is 0 Å². The smallest absolute Gasteiger partial charge is 0.485 e. The molecule has 0 aromatic heterocycles. The normalized spacial score (nSPS) is 15.7. The molecule has 0 N–H and O–H groups in total. The van der Waals surface area contributed by atoms with Crippen LogP contribution in [0.2, 0.25) is 0 Å². The van der Waals surface area contributed by atoms with Gasteiger partial charge in [-0.25, -0.2) is 8.42 Å². The van der Waals surface area contributed by atoms with Gasteiger partial charge in [0.1, 0.15) is 0 Å². The summed E-state index contributed by atoms with van der Waals surface area (Å²) < 4.78 is 147. The van der Waals surface area contributed by atoms with Crippen LogP contribution in [0.5, 0.6) is 0 Å². The van der Waals surface area contributed by atoms with E-state index in [-0.39, 0.29) is 12.1 Å². The SMILES string of the molecule is CCC[I+](F)(F)(F)(F)c1ccc(F)c(F)c1F.O=S(=O)([O-])C(F)(F)F. The molecule has 150 valence electrons. The molecule has 0 atom stereocenters. The van der Waals surface area contributed by atoms with Crippen molar-refractivity contribution >= 4 is 10.1 Å². The molecule has 3 nitrogen and oxygen atoms in total. The van der Waals surface area contributed by atoms with Crippen molar-refractivity contribution in [3.8, 4) is 0 Å². The van der Waals surface area contributed by atoms with Crippen LogP contribution >= 0.6 is 0 Å². The maximum absolute atomic E-state index is 13.4. The summed E-state index contributed by atoms with van der Waals surface area (Å²) in [6.07, 6.45) is -0.596. The summed E-state index contributed by atoms with van der Waals surface area (Å²) in [6, 6.07) is -0.00417. The molecule has 0 aliphatic rings. The van der Waals surface area contributed by atoms with Gasteiger partial charge in [-0.05, 0) is 0 Å². The van der Waals surface area contributed by atoms with E-state index in [1.165, 1.54) is 0 Å². The predicted octanol–water partition coefficient (Wildman–Crippen LogP) is 1.50. The van der Waals surface area contributed by atoms with Gasteiger partial charge in [-0.2, -0.15) is 13.2 Å². The molecule has 0 saturated carbocycles. The number of hydrogen-bond acceptors (Lipinski definition) is 3. The Bertz CT molecular complexity index is 752. The van der Waals surface area contributed by atoms with Gasteiger partial charge in [-0.1, -0.05) is 0 Å². The minimum absolute atomic E-state index is 0.0734. The van der Waals surface area contributed by atoms with E-state index in [0.717, 1.165) is 6.92 Å². The first kappa shape index (κ1) is 24.2. The van der Waals surface area contributed by atoms with Crippen LogP contribution in [0.4, 0.5) is 37.8 Å². The largest absolute Gasteiger partial charge is 0.741 e. The second-order valence-electron chi connectivity index (χ2n) is 4.39. The standard InChI is InChI=1S/C9H9F7I.CHF3O3S/c1-2-5-17(13,14,15,16)7-4-3-6(10)8(11)9(7)12;2-1(3,4)8(5,6)7/h3-4H,2,5H2,1H3;(H,5,6,7)/q+1;/p-1. The number of rotatable bonds is 3. The van der Waals surface area contributed by atoms with E-state index in [1.54, 1.807) is 0 Å². The first-order valence-electron chi connectivity index (χ1n) is 5.73. The Hall–Kier alpha value is -0.840. The fourth-order valence-corrected chi connectivity index (χ4v) is 6.32. The second kappa shape index (κ2) is 6.40. The van der Waals surface area contributed by atoms with Crippen molar-refractivity contribution in [2.24, 2.45) is 0 Å². The maximum atomic E-state index is 13.4. The molecule has 1 aromatic carbocycles. The van der Waals surface area contributed by atoms with Gasteiger partial charge < -0.3 is 4.55 Å². The molecule has 1 aromatic rings. The summed E-state index contributed by atoms with van der Waals surface area (Å²) in [6.45, 7) is 1.07. The summed E-state index contributed by atoms with van der Waals surface area (Å²) in [5, 5.41) is 0. The van der Waals surface area contributed by atoms with Gasteiger partial charge in [-0.3, -0.25) is 0 Å². The van der Waals surface area contributed by atoms with Gasteiger partial charge in [0.05, 0.1) is 0 Å². The van der Waals surface area contributed by atoms with Crippen LogP contribution in [0, 0.1) is 21.0 Å². The van der Waals surface area contributed by atoms with E-state index in [4.69, 9.17) is 13.0 Å². The molecule has 25 heavy (non-hydrogen) atoms. The molecule has 0 radical (unpaired) electrons. The van der Waals surface area contributed by atoms with Crippen LogP contribution < -0.4 is 18.0 Å². The van der Waals surface area contributed by atoms with Crippen LogP contribution in [-0.4, -0.2) is 22.9 Å². The van der Waals surface area contributed by atoms with Crippen molar-refractivity contribution in [2.75, 3.05) is 4.43 Å². The molecule has 0 heterocycles. The minimum Gasteiger partial charge on any atom is -0.741 e. The number of halogens is 11. The Morgan fingerprint density at radius 1 is 1.00 bits per heavy atom. The predicted molar refractivity (Wildman–Crippen MR) is 60.4 cm³/mol. The molecule has 1 rings (SSSR count). The third-order valence-corrected chi connectivity index (χ3v) is 9.52. The van der Waals surface area contributed by atoms with Gasteiger partial charge >= 0.3 is 99.0 Å². The molecule has 0 amide bonds. The summed E-state index contributed by atoms with van der Waals surface area (Å²) in [5.74, 6) is -6.60. The zero-order valence-electron chi connectivity index (χ0n) is 11.9. The molecule has 0 aliphatic carbocycles. The van der Waals surface area contributed by atoms with Gasteiger partial charge in [0, 0.05) is 0 Å². The van der Waals surface area contributed by atoms with E-state index < -0.39 is 65.5 Å². The minimum atomic E-state index is -9.70. The summed E-state index contributed by atoms with van der Waals surface area (Å²) in [4.78, 5) is 0. The van der Waals surface area contributed by atoms with Crippen molar-refractivity contribution < 1.29 is 68.7 Å². The third kappa shape index (κ3) is 6.12. The summed E-state index contributed by atoms with van der Waals surface area (Å²) in [5.41, 5.74) is -5.65. The fraction of sp³-hybridized carbons (Fsp3) is 0.400. The Morgan fingerprint density at radius 3 is 1.72 bits per heavy atom. The third-order valence-electron chi connectivity index (χ3n) is 2.29. The topological polar surface area (TPSA) is 57.2 Å². The van der Waals surface area contributed by atoms with Crippen LogP contribution in [0.15, 0.2) is 12.1 Å². The first-order valence-corrected chi connectivity index (χ1v) is 13.0. The maximum Gasteiger partial charge on any atom is 0.485 e. The molecule has 0 aliphatic heterocycles. The van der Waals surface area contributed by atoms with Crippen molar-refractivity contribution in [1.29, 1.82) is 0 Å². The number of alkyl halides is 4. The Kier molecular flexibility index (Phi) is 6.18. The van der Waals surface area contributed by atoms with Gasteiger partial charge in [0.15, 0.2) is 10.1 Å². The monoisotopic (exact) mass is 526 g/mol. The zero-order chi connectivity index (χ0) is 20.5. The fourth-order valence-electron chi connectivity index (χ4n) is 1.31. The van der Waals surface area contributed by atoms with Crippen LogP contribution in [0.1, 0.15) is 13.3 Å². The van der Waals surface area contributed by atoms with Crippen LogP contribution in [0.25, 0.3) is 0 Å². The zero-order valence-corrected chi connectivity index (χ0v) is 14.8. The van der Waals surface area contributed by atoms with Crippen molar-refractivity contribution in [3.05, 3.63) is 33.2 Å². The average molecular weight is 526 g/mol. The van der Waals surface area contributed by atoms with Gasteiger partial charge in [-0.15, -0.1) is 0 Å². The van der Waals surface area contributed by atoms with Crippen molar-refractivity contribution in [2.45, 2.75) is 18.9 Å². The van der Waals surface area contributed by atoms with Crippen LogP contribution in [-0.2, 0) is 10.1 Å². The molecular weight excluding hydrogens is 517 g/mol. The molecule has 0 fully saturated rings. The summed E-state index contributed by atoms with van der Waals surface area (Å²) >= 11 is -9.70. The molecule has 0 unspecified atom stereocenters. The Morgan fingerprint density at radius 2 is 1.40 bits per heavy atom. The van der Waals surface area contributed by atoms with Gasteiger partial charge in [0.25, 0.3) is 0 Å². The number of benzene rings is 1. The first-order chi connectivity index (χ1) is 10.7. The molecule has 0 bridgehead atoms. The van der Waals surface area contributed by atoms with E-state index in [0.29, 0.717) is 0 Å². The number of hydrogen-bond donors (Lipinski definition) is 0. The van der Waals surface area contributed by atoms with Crippen molar-refractivity contribution in [3.63, 3.8) is 0 Å². The average Bonchev–Trinajstić information content (AvgIpc) is 2.32. The molecule has 0 spiro atoms. The van der Waals surface area contributed by atoms with E-state index in [2.05, 4.69) is 0 Å².